The van der Waals surface area contributed by atoms with E-state index in [9.17, 15) is 0 Å². The monoisotopic (exact) mass is 253 g/mol. The highest BCUT2D eigenvalue weighted by Gasteiger charge is 2.31. The molecular weight excluding hydrogens is 222 g/mol. The summed E-state index contributed by atoms with van der Waals surface area (Å²) in [5.41, 5.74) is 0. The molecule has 0 unspecified atom stereocenters. The zero-order valence-electron chi connectivity index (χ0n) is 13.4. The molecule has 0 aliphatic heterocycles. The van der Waals surface area contributed by atoms with E-state index >= 15 is 0 Å². The predicted octanol–water partition coefficient (Wildman–Crippen LogP) is 3.46. The molecule has 0 fully saturated rings. The van der Waals surface area contributed by atoms with Crippen molar-refractivity contribution in [3.05, 3.63) is 0 Å². The Kier molecular flexibility index (Phi) is 7.51. The number of nitriles is 1. The number of nitrogens with zero attached hydrogens (tertiary/aromatic N) is 3. The third-order valence-electron chi connectivity index (χ3n) is 3.35. The second-order valence-electron chi connectivity index (χ2n) is 6.11. The summed E-state index contributed by atoms with van der Waals surface area (Å²) >= 11 is 0. The summed E-state index contributed by atoms with van der Waals surface area (Å²) in [6, 6.07) is 4.16. The smallest absolute Gasteiger partial charge is 0.0764 e. The lowest BCUT2D eigenvalue weighted by Gasteiger charge is -2.46. The van der Waals surface area contributed by atoms with Gasteiger partial charge in [0.1, 0.15) is 0 Å². The van der Waals surface area contributed by atoms with Gasteiger partial charge in [-0.25, -0.2) is 0 Å². The summed E-state index contributed by atoms with van der Waals surface area (Å²) in [6.45, 7) is 17.7. The fourth-order valence-corrected chi connectivity index (χ4v) is 3.02. The first kappa shape index (κ1) is 17.4. The van der Waals surface area contributed by atoms with Gasteiger partial charge in [-0.2, -0.15) is 5.26 Å². The molecule has 0 heterocycles. The molecule has 0 bridgehead atoms. The van der Waals surface area contributed by atoms with Crippen LogP contribution in [0.2, 0.25) is 0 Å². The van der Waals surface area contributed by atoms with Crippen molar-refractivity contribution in [2.24, 2.45) is 0 Å². The minimum atomic E-state index is 0.204. The molecule has 0 N–H and O–H groups in total. The Balaban J connectivity index is 5.30. The zero-order valence-corrected chi connectivity index (χ0v) is 13.4. The van der Waals surface area contributed by atoms with Crippen molar-refractivity contribution in [3.63, 3.8) is 0 Å². The first-order valence-electron chi connectivity index (χ1n) is 7.15. The fourth-order valence-electron chi connectivity index (χ4n) is 3.02. The van der Waals surface area contributed by atoms with Gasteiger partial charge >= 0.3 is 0 Å². The number of hydrogen-bond acceptors (Lipinski definition) is 3. The van der Waals surface area contributed by atoms with Crippen LogP contribution < -0.4 is 0 Å². The Morgan fingerprint density at radius 1 is 0.722 bits per heavy atom. The van der Waals surface area contributed by atoms with E-state index in [0.717, 1.165) is 0 Å². The van der Waals surface area contributed by atoms with Crippen LogP contribution in [0.15, 0.2) is 0 Å². The van der Waals surface area contributed by atoms with Crippen molar-refractivity contribution in [1.29, 1.82) is 5.26 Å². The van der Waals surface area contributed by atoms with Crippen LogP contribution in [0.25, 0.3) is 0 Å². The van der Waals surface area contributed by atoms with Crippen molar-refractivity contribution in [2.75, 3.05) is 0 Å². The highest BCUT2D eigenvalue weighted by Crippen LogP contribution is 2.21. The molecule has 0 radical (unpaired) electrons. The van der Waals surface area contributed by atoms with Crippen LogP contribution in [-0.2, 0) is 0 Å². The van der Waals surface area contributed by atoms with E-state index in [2.05, 4.69) is 71.3 Å². The molecule has 106 valence electrons. The second-order valence-corrected chi connectivity index (χ2v) is 6.11. The predicted molar refractivity (Wildman–Crippen MR) is 78.2 cm³/mol. The minimum absolute atomic E-state index is 0.204. The third-order valence-corrected chi connectivity index (χ3v) is 3.35. The van der Waals surface area contributed by atoms with Crippen LogP contribution in [0.4, 0.5) is 0 Å². The Hall–Kier alpha value is -0.590. The molecule has 0 aliphatic rings. The van der Waals surface area contributed by atoms with E-state index in [0.29, 0.717) is 30.6 Å². The third kappa shape index (κ3) is 4.59. The van der Waals surface area contributed by atoms with Gasteiger partial charge in [-0.15, -0.1) is 0 Å². The highest BCUT2D eigenvalue weighted by molar-refractivity contribution is 4.88. The van der Waals surface area contributed by atoms with Gasteiger partial charge in [0.05, 0.1) is 18.7 Å². The van der Waals surface area contributed by atoms with Crippen LogP contribution in [0.1, 0.15) is 61.8 Å². The molecule has 0 amide bonds. The van der Waals surface area contributed by atoms with Crippen LogP contribution in [0.3, 0.4) is 0 Å². The van der Waals surface area contributed by atoms with Crippen LogP contribution >= 0.6 is 0 Å². The van der Waals surface area contributed by atoms with Crippen LogP contribution in [-0.4, -0.2) is 40.1 Å². The molecule has 0 spiro atoms. The molecule has 0 aliphatic carbocycles. The maximum atomic E-state index is 9.16. The highest BCUT2D eigenvalue weighted by atomic mass is 15.4. The summed E-state index contributed by atoms with van der Waals surface area (Å²) < 4.78 is 0. The van der Waals surface area contributed by atoms with E-state index in [4.69, 9.17) is 5.26 Å². The topological polar surface area (TPSA) is 30.3 Å². The summed E-state index contributed by atoms with van der Waals surface area (Å²) in [7, 11) is 0. The summed E-state index contributed by atoms with van der Waals surface area (Å²) in [4.78, 5) is 4.90. The molecule has 0 atom stereocenters. The molecule has 0 saturated carbocycles. The van der Waals surface area contributed by atoms with Gasteiger partial charge in [0.15, 0.2) is 0 Å². The average Bonchev–Trinajstić information content (AvgIpc) is 2.14. The maximum Gasteiger partial charge on any atom is 0.0764 e. The number of hydrogen-bond donors (Lipinski definition) is 0. The first-order valence-corrected chi connectivity index (χ1v) is 7.15. The van der Waals surface area contributed by atoms with E-state index in [-0.39, 0.29) is 6.17 Å². The van der Waals surface area contributed by atoms with E-state index in [1.165, 1.54) is 0 Å². The van der Waals surface area contributed by atoms with E-state index in [1.54, 1.807) is 0 Å². The van der Waals surface area contributed by atoms with Crippen molar-refractivity contribution in [3.8, 4) is 6.07 Å². The Bertz CT molecular complexity index is 227. The Labute approximate surface area is 114 Å². The van der Waals surface area contributed by atoms with Crippen molar-refractivity contribution in [1.82, 2.24) is 9.80 Å². The summed E-state index contributed by atoms with van der Waals surface area (Å²) in [5, 5.41) is 9.16. The zero-order chi connectivity index (χ0) is 14.5. The van der Waals surface area contributed by atoms with Crippen molar-refractivity contribution >= 4 is 0 Å². The van der Waals surface area contributed by atoms with Gasteiger partial charge in [0, 0.05) is 24.2 Å². The lowest BCUT2D eigenvalue weighted by molar-refractivity contribution is -0.0321. The van der Waals surface area contributed by atoms with Gasteiger partial charge < -0.3 is 0 Å². The average molecular weight is 253 g/mol. The molecule has 0 aromatic carbocycles. The van der Waals surface area contributed by atoms with E-state index < -0.39 is 0 Å². The molecule has 18 heavy (non-hydrogen) atoms. The summed E-state index contributed by atoms with van der Waals surface area (Å²) in [6.07, 6.45) is 0.766. The van der Waals surface area contributed by atoms with Gasteiger partial charge in [0.2, 0.25) is 0 Å². The lowest BCUT2D eigenvalue weighted by atomic mass is 10.1. The van der Waals surface area contributed by atoms with Crippen molar-refractivity contribution < 1.29 is 0 Å². The Morgan fingerprint density at radius 3 is 1.17 bits per heavy atom. The largest absolute Gasteiger partial charge is 0.282 e. The maximum absolute atomic E-state index is 9.16. The van der Waals surface area contributed by atoms with Gasteiger partial charge in [-0.05, 0) is 55.4 Å². The molecule has 3 heteroatoms. The van der Waals surface area contributed by atoms with Crippen molar-refractivity contribution in [2.45, 2.75) is 92.1 Å². The normalized spacial score (nSPS) is 12.8. The SMILES string of the molecule is CC(C)N(C(C)C)C(CC#N)N(C(C)C)C(C)C. The molecule has 0 saturated heterocycles. The lowest BCUT2D eigenvalue weighted by Crippen LogP contribution is -2.57. The van der Waals surface area contributed by atoms with Gasteiger partial charge in [-0.3, -0.25) is 9.80 Å². The standard InChI is InChI=1S/C15H31N3/c1-11(2)17(12(3)4)15(9-10-16)18(13(5)6)14(7)8/h11-15H,9H2,1-8H3. The molecule has 3 nitrogen and oxygen atoms in total. The van der Waals surface area contributed by atoms with Gasteiger partial charge in [0.25, 0.3) is 0 Å². The molecule has 0 rings (SSSR count). The quantitative estimate of drug-likeness (QED) is 0.651. The number of rotatable bonds is 7. The Morgan fingerprint density at radius 2 is 1.00 bits per heavy atom. The molecular formula is C15H31N3. The second kappa shape index (κ2) is 7.76. The fraction of sp³-hybridized carbons (Fsp3) is 0.933. The summed E-state index contributed by atoms with van der Waals surface area (Å²) in [5.74, 6) is 0. The van der Waals surface area contributed by atoms with Gasteiger partial charge in [-0.1, -0.05) is 0 Å². The minimum Gasteiger partial charge on any atom is -0.282 e. The first-order chi connectivity index (χ1) is 8.23. The van der Waals surface area contributed by atoms with Crippen LogP contribution in [0.5, 0.6) is 0 Å². The molecule has 0 aromatic heterocycles. The van der Waals surface area contributed by atoms with E-state index in [1.807, 2.05) is 0 Å². The van der Waals surface area contributed by atoms with Crippen LogP contribution in [0, 0.1) is 11.3 Å². The molecule has 0 aromatic rings.